The van der Waals surface area contributed by atoms with E-state index in [1.807, 2.05) is 24.3 Å². The molecular formula is C12H15ClOS. The third-order valence-electron chi connectivity index (χ3n) is 3.09. The van der Waals surface area contributed by atoms with Gasteiger partial charge in [0, 0.05) is 10.4 Å². The Morgan fingerprint density at radius 2 is 2.20 bits per heavy atom. The van der Waals surface area contributed by atoms with Crippen LogP contribution >= 0.6 is 24.2 Å². The minimum absolute atomic E-state index is 0.311. The van der Waals surface area contributed by atoms with E-state index in [4.69, 9.17) is 16.3 Å². The Labute approximate surface area is 101 Å². The molecular weight excluding hydrogens is 228 g/mol. The summed E-state index contributed by atoms with van der Waals surface area (Å²) in [6.07, 6.45) is 3.77. The largest absolute Gasteiger partial charge is 0.493 e. The van der Waals surface area contributed by atoms with Crippen LogP contribution in [-0.4, -0.2) is 12.4 Å². The molecule has 0 unspecified atom stereocenters. The van der Waals surface area contributed by atoms with Crippen molar-refractivity contribution in [3.63, 3.8) is 0 Å². The SMILES string of the molecule is SCC1(COc2cccc(Cl)c2)CCC1. The van der Waals surface area contributed by atoms with Crippen molar-refractivity contribution >= 4 is 24.2 Å². The highest BCUT2D eigenvalue weighted by Gasteiger charge is 2.36. The second-order valence-electron chi connectivity index (χ2n) is 4.26. The molecule has 1 saturated carbocycles. The van der Waals surface area contributed by atoms with Crippen molar-refractivity contribution in [3.05, 3.63) is 29.3 Å². The van der Waals surface area contributed by atoms with Crippen molar-refractivity contribution in [3.8, 4) is 5.75 Å². The van der Waals surface area contributed by atoms with Crippen LogP contribution in [0.3, 0.4) is 0 Å². The molecule has 1 nitrogen and oxygen atoms in total. The van der Waals surface area contributed by atoms with E-state index in [1.165, 1.54) is 19.3 Å². The fraction of sp³-hybridized carbons (Fsp3) is 0.500. The molecule has 15 heavy (non-hydrogen) atoms. The minimum atomic E-state index is 0.311. The first-order chi connectivity index (χ1) is 7.24. The summed E-state index contributed by atoms with van der Waals surface area (Å²) >= 11 is 10.3. The number of rotatable bonds is 4. The monoisotopic (exact) mass is 242 g/mol. The van der Waals surface area contributed by atoms with Crippen molar-refractivity contribution in [1.82, 2.24) is 0 Å². The normalized spacial score (nSPS) is 18.3. The van der Waals surface area contributed by atoms with Gasteiger partial charge in [-0.25, -0.2) is 0 Å². The van der Waals surface area contributed by atoms with E-state index < -0.39 is 0 Å². The second-order valence-corrected chi connectivity index (χ2v) is 5.01. The molecule has 0 saturated heterocycles. The van der Waals surface area contributed by atoms with Gasteiger partial charge in [-0.1, -0.05) is 24.1 Å². The van der Waals surface area contributed by atoms with Crippen molar-refractivity contribution in [2.45, 2.75) is 19.3 Å². The Kier molecular flexibility index (Phi) is 3.47. The van der Waals surface area contributed by atoms with Crippen LogP contribution in [0.2, 0.25) is 5.02 Å². The van der Waals surface area contributed by atoms with Gasteiger partial charge in [0.2, 0.25) is 0 Å². The number of benzene rings is 1. The van der Waals surface area contributed by atoms with Crippen LogP contribution in [0.25, 0.3) is 0 Å². The molecule has 0 amide bonds. The van der Waals surface area contributed by atoms with Crippen LogP contribution in [-0.2, 0) is 0 Å². The molecule has 1 aliphatic rings. The number of hydrogen-bond donors (Lipinski definition) is 1. The van der Waals surface area contributed by atoms with Crippen LogP contribution in [0.1, 0.15) is 19.3 Å². The average molecular weight is 243 g/mol. The Balaban J connectivity index is 1.92. The van der Waals surface area contributed by atoms with Gasteiger partial charge < -0.3 is 4.74 Å². The molecule has 1 aliphatic carbocycles. The molecule has 0 radical (unpaired) electrons. The van der Waals surface area contributed by atoms with Crippen LogP contribution in [0.5, 0.6) is 5.75 Å². The van der Waals surface area contributed by atoms with Crippen LogP contribution < -0.4 is 4.74 Å². The number of halogens is 1. The lowest BCUT2D eigenvalue weighted by Crippen LogP contribution is -2.37. The predicted molar refractivity (Wildman–Crippen MR) is 67.1 cm³/mol. The van der Waals surface area contributed by atoms with Crippen molar-refractivity contribution < 1.29 is 4.74 Å². The summed E-state index contributed by atoms with van der Waals surface area (Å²) in [5.74, 6) is 1.77. The molecule has 82 valence electrons. The van der Waals surface area contributed by atoms with E-state index in [2.05, 4.69) is 12.6 Å². The number of thiol groups is 1. The molecule has 3 heteroatoms. The summed E-state index contributed by atoms with van der Waals surface area (Å²) in [6.45, 7) is 0.761. The highest BCUT2D eigenvalue weighted by atomic mass is 35.5. The van der Waals surface area contributed by atoms with Gasteiger partial charge >= 0.3 is 0 Å². The average Bonchev–Trinajstić information content (AvgIpc) is 2.17. The third-order valence-corrected chi connectivity index (χ3v) is 4.00. The minimum Gasteiger partial charge on any atom is -0.493 e. The Morgan fingerprint density at radius 1 is 1.40 bits per heavy atom. The van der Waals surface area contributed by atoms with E-state index in [0.717, 1.165) is 23.1 Å². The fourth-order valence-electron chi connectivity index (χ4n) is 1.82. The van der Waals surface area contributed by atoms with Gasteiger partial charge in [-0.05, 0) is 36.8 Å². The lowest BCUT2D eigenvalue weighted by Gasteiger charge is -2.40. The van der Waals surface area contributed by atoms with Gasteiger partial charge in [-0.15, -0.1) is 0 Å². The standard InChI is InChI=1S/C12H15ClOS/c13-10-3-1-4-11(7-10)14-8-12(9-15)5-2-6-12/h1,3-4,7,15H,2,5-6,8-9H2. The van der Waals surface area contributed by atoms with E-state index in [-0.39, 0.29) is 0 Å². The molecule has 2 rings (SSSR count). The van der Waals surface area contributed by atoms with Crippen molar-refractivity contribution in [1.29, 1.82) is 0 Å². The maximum atomic E-state index is 5.88. The Morgan fingerprint density at radius 3 is 2.73 bits per heavy atom. The van der Waals surface area contributed by atoms with Gasteiger partial charge in [0.25, 0.3) is 0 Å². The van der Waals surface area contributed by atoms with Crippen molar-refractivity contribution in [2.24, 2.45) is 5.41 Å². The number of hydrogen-bond acceptors (Lipinski definition) is 2. The van der Waals surface area contributed by atoms with E-state index in [1.54, 1.807) is 0 Å². The van der Waals surface area contributed by atoms with Gasteiger partial charge in [-0.3, -0.25) is 0 Å². The molecule has 1 aromatic carbocycles. The van der Waals surface area contributed by atoms with Gasteiger partial charge in [0.15, 0.2) is 0 Å². The van der Waals surface area contributed by atoms with Crippen LogP contribution in [0.15, 0.2) is 24.3 Å². The second kappa shape index (κ2) is 4.67. The third kappa shape index (κ3) is 2.61. The van der Waals surface area contributed by atoms with Crippen molar-refractivity contribution in [2.75, 3.05) is 12.4 Å². The Bertz CT molecular complexity index is 331. The first kappa shape index (κ1) is 11.2. The van der Waals surface area contributed by atoms with Gasteiger partial charge in [0.1, 0.15) is 5.75 Å². The van der Waals surface area contributed by atoms with Crippen LogP contribution in [0, 0.1) is 5.41 Å². The fourth-order valence-corrected chi connectivity index (χ4v) is 2.41. The summed E-state index contributed by atoms with van der Waals surface area (Å²) < 4.78 is 5.75. The highest BCUT2D eigenvalue weighted by Crippen LogP contribution is 2.42. The van der Waals surface area contributed by atoms with Gasteiger partial charge in [-0.2, -0.15) is 12.6 Å². The first-order valence-electron chi connectivity index (χ1n) is 5.23. The molecule has 0 aliphatic heterocycles. The summed E-state index contributed by atoms with van der Waals surface area (Å²) in [6, 6.07) is 7.56. The molecule has 0 spiro atoms. The molecule has 0 bridgehead atoms. The molecule has 0 heterocycles. The first-order valence-corrected chi connectivity index (χ1v) is 6.24. The molecule has 0 aromatic heterocycles. The maximum Gasteiger partial charge on any atom is 0.120 e. The smallest absolute Gasteiger partial charge is 0.120 e. The summed E-state index contributed by atoms with van der Waals surface area (Å²) in [5.41, 5.74) is 0.311. The van der Waals surface area contributed by atoms with Gasteiger partial charge in [0.05, 0.1) is 6.61 Å². The van der Waals surface area contributed by atoms with E-state index >= 15 is 0 Å². The maximum absolute atomic E-state index is 5.88. The molecule has 1 fully saturated rings. The zero-order valence-corrected chi connectivity index (χ0v) is 10.2. The molecule has 0 N–H and O–H groups in total. The van der Waals surface area contributed by atoms with E-state index in [9.17, 15) is 0 Å². The van der Waals surface area contributed by atoms with Crippen LogP contribution in [0.4, 0.5) is 0 Å². The Hall–Kier alpha value is -0.340. The molecule has 1 aromatic rings. The topological polar surface area (TPSA) is 9.23 Å². The molecule has 0 atom stereocenters. The lowest BCUT2D eigenvalue weighted by atomic mass is 9.71. The summed E-state index contributed by atoms with van der Waals surface area (Å²) in [5, 5.41) is 0.723. The lowest BCUT2D eigenvalue weighted by molar-refractivity contribution is 0.0830. The predicted octanol–water partition coefficient (Wildman–Crippen LogP) is 3.82. The summed E-state index contributed by atoms with van der Waals surface area (Å²) in [7, 11) is 0. The zero-order valence-electron chi connectivity index (χ0n) is 8.58. The van der Waals surface area contributed by atoms with E-state index in [0.29, 0.717) is 5.41 Å². The zero-order chi connectivity index (χ0) is 10.7. The summed E-state index contributed by atoms with van der Waals surface area (Å²) in [4.78, 5) is 0. The highest BCUT2D eigenvalue weighted by molar-refractivity contribution is 7.80. The quantitative estimate of drug-likeness (QED) is 0.790. The number of ether oxygens (including phenoxy) is 1.